The number of methoxy groups -OCH3 is 1. The SMILES string of the molecule is COC(=O)[C@@H]1C=C[C@H](c2ccccc2)CC1. The van der Waals surface area contributed by atoms with Gasteiger partial charge >= 0.3 is 5.97 Å². The van der Waals surface area contributed by atoms with Gasteiger partial charge in [-0.2, -0.15) is 0 Å². The third-order valence-corrected chi connectivity index (χ3v) is 3.10. The minimum absolute atomic E-state index is 0.0510. The maximum absolute atomic E-state index is 11.3. The summed E-state index contributed by atoms with van der Waals surface area (Å²) < 4.78 is 4.74. The maximum Gasteiger partial charge on any atom is 0.312 e. The first kappa shape index (κ1) is 10.9. The van der Waals surface area contributed by atoms with Gasteiger partial charge in [0, 0.05) is 5.92 Å². The highest BCUT2D eigenvalue weighted by Gasteiger charge is 2.22. The Labute approximate surface area is 95.9 Å². The first-order valence-corrected chi connectivity index (χ1v) is 5.62. The molecule has 1 aliphatic rings. The smallest absolute Gasteiger partial charge is 0.312 e. The number of allylic oxidation sites excluding steroid dienone is 1. The van der Waals surface area contributed by atoms with Crippen molar-refractivity contribution >= 4 is 5.97 Å². The summed E-state index contributed by atoms with van der Waals surface area (Å²) in [6.07, 6.45) is 6.00. The van der Waals surface area contributed by atoms with E-state index in [0.717, 1.165) is 12.8 Å². The molecule has 0 unspecified atom stereocenters. The Bertz CT molecular complexity index is 381. The number of esters is 1. The van der Waals surface area contributed by atoms with E-state index in [4.69, 9.17) is 4.74 Å². The molecule has 16 heavy (non-hydrogen) atoms. The van der Waals surface area contributed by atoms with Crippen molar-refractivity contribution in [1.82, 2.24) is 0 Å². The van der Waals surface area contributed by atoms with Crippen LogP contribution in [-0.2, 0) is 9.53 Å². The average Bonchev–Trinajstić information content (AvgIpc) is 2.39. The molecule has 0 spiro atoms. The Morgan fingerprint density at radius 3 is 2.50 bits per heavy atom. The molecule has 0 saturated carbocycles. The third kappa shape index (κ3) is 2.32. The van der Waals surface area contributed by atoms with Crippen LogP contribution in [0.15, 0.2) is 42.5 Å². The van der Waals surface area contributed by atoms with Gasteiger partial charge in [0.2, 0.25) is 0 Å². The second kappa shape index (κ2) is 4.97. The summed E-state index contributed by atoms with van der Waals surface area (Å²) in [6.45, 7) is 0. The van der Waals surface area contributed by atoms with Crippen LogP contribution in [0.3, 0.4) is 0 Å². The standard InChI is InChI=1S/C14H16O2/c1-16-14(15)13-9-7-12(8-10-13)11-5-3-2-4-6-11/h2-7,9,12-13H,8,10H2,1H3/t12-,13+/m0/s1. The van der Waals surface area contributed by atoms with Gasteiger partial charge in [0.1, 0.15) is 0 Å². The van der Waals surface area contributed by atoms with Gasteiger partial charge in [0.15, 0.2) is 0 Å². The monoisotopic (exact) mass is 216 g/mol. The average molecular weight is 216 g/mol. The van der Waals surface area contributed by atoms with E-state index in [9.17, 15) is 4.79 Å². The molecule has 0 fully saturated rings. The predicted molar refractivity (Wildman–Crippen MR) is 63.1 cm³/mol. The normalized spacial score (nSPS) is 24.1. The van der Waals surface area contributed by atoms with Crippen molar-refractivity contribution in [3.05, 3.63) is 48.0 Å². The third-order valence-electron chi connectivity index (χ3n) is 3.10. The topological polar surface area (TPSA) is 26.3 Å². The molecule has 0 amide bonds. The zero-order valence-electron chi connectivity index (χ0n) is 9.43. The van der Waals surface area contributed by atoms with Crippen LogP contribution in [0.4, 0.5) is 0 Å². The van der Waals surface area contributed by atoms with E-state index in [-0.39, 0.29) is 11.9 Å². The summed E-state index contributed by atoms with van der Waals surface area (Å²) in [5, 5.41) is 0. The van der Waals surface area contributed by atoms with E-state index >= 15 is 0 Å². The second-order valence-corrected chi connectivity index (χ2v) is 4.11. The van der Waals surface area contributed by atoms with E-state index in [2.05, 4.69) is 30.3 Å². The summed E-state index contributed by atoms with van der Waals surface area (Å²) in [7, 11) is 1.44. The molecule has 0 aromatic heterocycles. The number of rotatable bonds is 2. The molecule has 84 valence electrons. The molecule has 0 bridgehead atoms. The summed E-state index contributed by atoms with van der Waals surface area (Å²) in [5.74, 6) is 0.273. The molecule has 1 aromatic rings. The fourth-order valence-electron chi connectivity index (χ4n) is 2.15. The molecular formula is C14H16O2. The van der Waals surface area contributed by atoms with E-state index < -0.39 is 0 Å². The quantitative estimate of drug-likeness (QED) is 0.561. The van der Waals surface area contributed by atoms with E-state index in [1.165, 1.54) is 12.7 Å². The highest BCUT2D eigenvalue weighted by Crippen LogP contribution is 2.30. The molecule has 1 aromatic carbocycles. The minimum atomic E-state index is -0.122. The van der Waals surface area contributed by atoms with Gasteiger partial charge in [-0.15, -0.1) is 0 Å². The number of carbonyl (C=O) groups excluding carboxylic acids is 1. The molecule has 2 heteroatoms. The summed E-state index contributed by atoms with van der Waals surface area (Å²) in [5.41, 5.74) is 1.32. The van der Waals surface area contributed by atoms with Gasteiger partial charge in [-0.05, 0) is 18.4 Å². The lowest BCUT2D eigenvalue weighted by molar-refractivity contribution is -0.144. The Hall–Kier alpha value is -1.57. The van der Waals surface area contributed by atoms with Crippen LogP contribution in [0, 0.1) is 5.92 Å². The molecule has 0 aliphatic heterocycles. The van der Waals surface area contributed by atoms with Crippen LogP contribution in [0.5, 0.6) is 0 Å². The summed E-state index contributed by atoms with van der Waals surface area (Å²) >= 11 is 0. The fourth-order valence-corrected chi connectivity index (χ4v) is 2.15. The van der Waals surface area contributed by atoms with Crippen molar-refractivity contribution in [3.63, 3.8) is 0 Å². The van der Waals surface area contributed by atoms with Gasteiger partial charge in [0.25, 0.3) is 0 Å². The first-order valence-electron chi connectivity index (χ1n) is 5.62. The molecule has 1 aliphatic carbocycles. The molecule has 0 N–H and O–H groups in total. The maximum atomic E-state index is 11.3. The lowest BCUT2D eigenvalue weighted by Crippen LogP contribution is -2.18. The van der Waals surface area contributed by atoms with E-state index in [1.807, 2.05) is 12.1 Å². The largest absolute Gasteiger partial charge is 0.469 e. The van der Waals surface area contributed by atoms with Crippen LogP contribution in [-0.4, -0.2) is 13.1 Å². The molecule has 0 radical (unpaired) electrons. The van der Waals surface area contributed by atoms with Crippen LogP contribution in [0.2, 0.25) is 0 Å². The predicted octanol–water partition coefficient (Wildman–Crippen LogP) is 2.91. The molecule has 0 saturated heterocycles. The van der Waals surface area contributed by atoms with Gasteiger partial charge in [-0.25, -0.2) is 0 Å². The van der Waals surface area contributed by atoms with Crippen LogP contribution in [0.1, 0.15) is 24.3 Å². The fraction of sp³-hybridized carbons (Fsp3) is 0.357. The van der Waals surface area contributed by atoms with Crippen LogP contribution >= 0.6 is 0 Å². The molecule has 0 heterocycles. The van der Waals surface area contributed by atoms with Crippen molar-refractivity contribution in [2.75, 3.05) is 7.11 Å². The van der Waals surface area contributed by atoms with Gasteiger partial charge in [-0.3, -0.25) is 4.79 Å². The molecular weight excluding hydrogens is 200 g/mol. The number of benzene rings is 1. The Morgan fingerprint density at radius 2 is 1.94 bits per heavy atom. The Morgan fingerprint density at radius 1 is 1.19 bits per heavy atom. The first-order chi connectivity index (χ1) is 7.81. The van der Waals surface area contributed by atoms with Crippen LogP contribution in [0.25, 0.3) is 0 Å². The van der Waals surface area contributed by atoms with Gasteiger partial charge in [0.05, 0.1) is 13.0 Å². The summed E-state index contributed by atoms with van der Waals surface area (Å²) in [4.78, 5) is 11.3. The van der Waals surface area contributed by atoms with E-state index in [0.29, 0.717) is 5.92 Å². The number of hydrogen-bond acceptors (Lipinski definition) is 2. The van der Waals surface area contributed by atoms with Crippen molar-refractivity contribution in [2.24, 2.45) is 5.92 Å². The highest BCUT2D eigenvalue weighted by molar-refractivity contribution is 5.74. The lowest BCUT2D eigenvalue weighted by Gasteiger charge is -2.21. The van der Waals surface area contributed by atoms with Crippen LogP contribution < -0.4 is 0 Å². The lowest BCUT2D eigenvalue weighted by atomic mass is 9.84. The van der Waals surface area contributed by atoms with Crippen molar-refractivity contribution in [3.8, 4) is 0 Å². The molecule has 2 rings (SSSR count). The molecule has 2 atom stereocenters. The highest BCUT2D eigenvalue weighted by atomic mass is 16.5. The second-order valence-electron chi connectivity index (χ2n) is 4.11. The van der Waals surface area contributed by atoms with Crippen molar-refractivity contribution in [1.29, 1.82) is 0 Å². The Kier molecular flexibility index (Phi) is 3.40. The van der Waals surface area contributed by atoms with Crippen molar-refractivity contribution < 1.29 is 9.53 Å². The number of ether oxygens (including phenoxy) is 1. The number of hydrogen-bond donors (Lipinski definition) is 0. The van der Waals surface area contributed by atoms with Crippen molar-refractivity contribution in [2.45, 2.75) is 18.8 Å². The summed E-state index contributed by atoms with van der Waals surface area (Å²) in [6, 6.07) is 10.4. The van der Waals surface area contributed by atoms with E-state index in [1.54, 1.807) is 0 Å². The molecule has 2 nitrogen and oxygen atoms in total. The Balaban J connectivity index is 2.06. The zero-order valence-corrected chi connectivity index (χ0v) is 9.43. The minimum Gasteiger partial charge on any atom is -0.469 e. The zero-order chi connectivity index (χ0) is 11.4. The number of carbonyl (C=O) groups is 1. The van der Waals surface area contributed by atoms with Gasteiger partial charge in [-0.1, -0.05) is 42.5 Å². The van der Waals surface area contributed by atoms with Gasteiger partial charge < -0.3 is 4.74 Å².